The number of ketones is 1. The summed E-state index contributed by atoms with van der Waals surface area (Å²) in [5, 5.41) is 10.3. The number of esters is 1. The summed E-state index contributed by atoms with van der Waals surface area (Å²) >= 11 is 0. The van der Waals surface area contributed by atoms with Gasteiger partial charge in [-0.05, 0) is 37.2 Å². The highest BCUT2D eigenvalue weighted by Crippen LogP contribution is 2.30. The lowest BCUT2D eigenvalue weighted by Gasteiger charge is -2.34. The molecular formula is C28H37NO7. The molecule has 196 valence electrons. The average molecular weight is 500 g/mol. The number of ether oxygens (including phenoxy) is 4. The van der Waals surface area contributed by atoms with Gasteiger partial charge >= 0.3 is 5.97 Å². The molecule has 4 atom stereocenters. The number of hydrogen-bond donors (Lipinski definition) is 1. The number of rotatable bonds is 9. The molecule has 0 bridgehead atoms. The Morgan fingerprint density at radius 1 is 1.22 bits per heavy atom. The standard InChI is InChI=1S/C28H37NO7/c1-18(2)16-35-27-19(3)36-28(32)22(15-23(30)25-26(31)24(33-4)10-12-29-25)17-34-13-11-21(27)14-20-8-6-5-7-9-20/h5-10,12,18-19,21-22,27,31H,11,13-17H2,1-4H3/t19-,21+,22-,27-/m0/s1. The van der Waals surface area contributed by atoms with Crippen LogP contribution in [-0.4, -0.2) is 61.0 Å². The minimum atomic E-state index is -0.830. The molecule has 8 heteroatoms. The molecule has 1 saturated heterocycles. The van der Waals surface area contributed by atoms with E-state index in [0.29, 0.717) is 19.1 Å². The Hall–Kier alpha value is -2.97. The van der Waals surface area contributed by atoms with Crippen molar-refractivity contribution in [3.63, 3.8) is 0 Å². The number of methoxy groups -OCH3 is 1. The van der Waals surface area contributed by atoms with E-state index in [1.54, 1.807) is 0 Å². The molecular weight excluding hydrogens is 462 g/mol. The summed E-state index contributed by atoms with van der Waals surface area (Å²) < 4.78 is 23.1. The van der Waals surface area contributed by atoms with Crippen molar-refractivity contribution in [2.75, 3.05) is 26.9 Å². The normalized spacial score (nSPS) is 23.2. The number of benzene rings is 1. The molecule has 2 aromatic rings. The number of aromatic nitrogens is 1. The number of cyclic esters (lactones) is 1. The summed E-state index contributed by atoms with van der Waals surface area (Å²) in [6.07, 6.45) is 1.84. The van der Waals surface area contributed by atoms with Crippen LogP contribution in [0.15, 0.2) is 42.6 Å². The third-order valence-corrected chi connectivity index (χ3v) is 6.28. The van der Waals surface area contributed by atoms with E-state index >= 15 is 0 Å². The molecule has 0 aliphatic carbocycles. The van der Waals surface area contributed by atoms with E-state index in [4.69, 9.17) is 18.9 Å². The fraction of sp³-hybridized carbons (Fsp3) is 0.536. The van der Waals surface area contributed by atoms with Crippen molar-refractivity contribution in [2.24, 2.45) is 17.8 Å². The Morgan fingerprint density at radius 2 is 1.97 bits per heavy atom. The first-order valence-electron chi connectivity index (χ1n) is 12.5. The van der Waals surface area contributed by atoms with E-state index in [2.05, 4.69) is 31.0 Å². The third kappa shape index (κ3) is 7.51. The van der Waals surface area contributed by atoms with Crippen molar-refractivity contribution in [3.05, 3.63) is 53.9 Å². The van der Waals surface area contributed by atoms with Gasteiger partial charge in [-0.15, -0.1) is 0 Å². The lowest BCUT2D eigenvalue weighted by atomic mass is 9.88. The lowest BCUT2D eigenvalue weighted by molar-refractivity contribution is -0.169. The van der Waals surface area contributed by atoms with Crippen molar-refractivity contribution in [3.8, 4) is 11.5 Å². The molecule has 0 saturated carbocycles. The van der Waals surface area contributed by atoms with Crippen molar-refractivity contribution in [1.29, 1.82) is 0 Å². The Labute approximate surface area is 212 Å². The summed E-state index contributed by atoms with van der Waals surface area (Å²) in [6, 6.07) is 11.6. The fourth-order valence-electron chi connectivity index (χ4n) is 4.40. The topological polar surface area (TPSA) is 104 Å². The van der Waals surface area contributed by atoms with Gasteiger partial charge in [0, 0.05) is 31.9 Å². The van der Waals surface area contributed by atoms with Crippen molar-refractivity contribution < 1.29 is 33.6 Å². The molecule has 1 fully saturated rings. The van der Waals surface area contributed by atoms with Crippen molar-refractivity contribution in [2.45, 2.75) is 52.2 Å². The van der Waals surface area contributed by atoms with Gasteiger partial charge in [0.05, 0.1) is 25.7 Å². The first-order valence-corrected chi connectivity index (χ1v) is 12.5. The average Bonchev–Trinajstić information content (AvgIpc) is 2.85. The van der Waals surface area contributed by atoms with Crippen LogP contribution in [0.2, 0.25) is 0 Å². The Kier molecular flexibility index (Phi) is 10.3. The maximum Gasteiger partial charge on any atom is 0.312 e. The number of carbonyl (C=O) groups excluding carboxylic acids is 2. The van der Waals surface area contributed by atoms with E-state index in [-0.39, 0.29) is 42.2 Å². The molecule has 36 heavy (non-hydrogen) atoms. The van der Waals surface area contributed by atoms with Crippen LogP contribution in [-0.2, 0) is 25.4 Å². The Balaban J connectivity index is 1.76. The summed E-state index contributed by atoms with van der Waals surface area (Å²) in [5.74, 6) is -1.65. The van der Waals surface area contributed by atoms with Crippen LogP contribution in [0.3, 0.4) is 0 Å². The van der Waals surface area contributed by atoms with Gasteiger partial charge in [-0.3, -0.25) is 9.59 Å². The Morgan fingerprint density at radius 3 is 2.67 bits per heavy atom. The van der Waals surface area contributed by atoms with Crippen LogP contribution in [0.25, 0.3) is 0 Å². The van der Waals surface area contributed by atoms with Crippen LogP contribution in [0.5, 0.6) is 11.5 Å². The van der Waals surface area contributed by atoms with E-state index < -0.39 is 23.8 Å². The van der Waals surface area contributed by atoms with Gasteiger partial charge in [-0.1, -0.05) is 44.2 Å². The van der Waals surface area contributed by atoms with Gasteiger partial charge in [0.2, 0.25) is 0 Å². The largest absolute Gasteiger partial charge is 0.503 e. The molecule has 1 aliphatic rings. The molecule has 1 aliphatic heterocycles. The van der Waals surface area contributed by atoms with Crippen LogP contribution in [0, 0.1) is 17.8 Å². The van der Waals surface area contributed by atoms with Gasteiger partial charge in [0.15, 0.2) is 23.0 Å². The number of aromatic hydroxyl groups is 1. The molecule has 0 amide bonds. The molecule has 8 nitrogen and oxygen atoms in total. The van der Waals surface area contributed by atoms with E-state index in [0.717, 1.165) is 12.8 Å². The van der Waals surface area contributed by atoms with Crippen molar-refractivity contribution in [1.82, 2.24) is 4.98 Å². The second-order valence-corrected chi connectivity index (χ2v) is 9.68. The first-order chi connectivity index (χ1) is 17.3. The smallest absolute Gasteiger partial charge is 0.312 e. The molecule has 1 N–H and O–H groups in total. The number of hydrogen-bond acceptors (Lipinski definition) is 8. The second kappa shape index (κ2) is 13.4. The first kappa shape index (κ1) is 27.6. The maximum atomic E-state index is 13.1. The number of Topliss-reactive ketones (excluding diaryl/α,β-unsaturated/α-hetero) is 1. The molecule has 0 unspecified atom stereocenters. The fourth-order valence-corrected chi connectivity index (χ4v) is 4.40. The lowest BCUT2D eigenvalue weighted by Crippen LogP contribution is -2.42. The maximum absolute atomic E-state index is 13.1. The minimum absolute atomic E-state index is 0.0393. The monoisotopic (exact) mass is 499 g/mol. The molecule has 1 aromatic carbocycles. The van der Waals surface area contributed by atoms with Gasteiger partial charge in [-0.25, -0.2) is 4.98 Å². The highest BCUT2D eigenvalue weighted by Gasteiger charge is 2.35. The van der Waals surface area contributed by atoms with Gasteiger partial charge in [0.25, 0.3) is 0 Å². The van der Waals surface area contributed by atoms with Crippen LogP contribution in [0.4, 0.5) is 0 Å². The van der Waals surface area contributed by atoms with Gasteiger partial charge in [0.1, 0.15) is 6.10 Å². The molecule has 1 aromatic heterocycles. The van der Waals surface area contributed by atoms with Crippen LogP contribution < -0.4 is 4.74 Å². The highest BCUT2D eigenvalue weighted by atomic mass is 16.6. The number of carbonyl (C=O) groups is 2. The van der Waals surface area contributed by atoms with E-state index in [1.807, 2.05) is 25.1 Å². The highest BCUT2D eigenvalue weighted by molar-refractivity contribution is 5.99. The summed E-state index contributed by atoms with van der Waals surface area (Å²) in [5.41, 5.74) is 1.04. The van der Waals surface area contributed by atoms with Gasteiger partial charge < -0.3 is 24.1 Å². The molecule has 2 heterocycles. The number of nitrogens with zero attached hydrogens (tertiary/aromatic N) is 1. The zero-order valence-electron chi connectivity index (χ0n) is 21.5. The quantitative estimate of drug-likeness (QED) is 0.404. The predicted molar refractivity (Wildman–Crippen MR) is 134 cm³/mol. The summed E-state index contributed by atoms with van der Waals surface area (Å²) in [4.78, 5) is 30.0. The van der Waals surface area contributed by atoms with E-state index in [1.165, 1.54) is 24.9 Å². The van der Waals surface area contributed by atoms with Crippen molar-refractivity contribution >= 4 is 11.8 Å². The minimum Gasteiger partial charge on any atom is -0.503 e. The summed E-state index contributed by atoms with van der Waals surface area (Å²) in [6.45, 7) is 7.01. The van der Waals surface area contributed by atoms with E-state index in [9.17, 15) is 14.7 Å². The van der Waals surface area contributed by atoms with Crippen LogP contribution in [0.1, 0.15) is 49.7 Å². The predicted octanol–water partition coefficient (Wildman–Crippen LogP) is 4.24. The van der Waals surface area contributed by atoms with Gasteiger partial charge in [-0.2, -0.15) is 0 Å². The SMILES string of the molecule is COc1ccnc(C(=O)C[C@H]2COCC[C@H](Cc3ccccc3)[C@@H](OCC(C)C)[C@H](C)OC2=O)c1O. The van der Waals surface area contributed by atoms with Crippen LogP contribution >= 0.6 is 0 Å². The molecule has 3 rings (SSSR count). The number of pyridine rings is 1. The molecule has 0 spiro atoms. The zero-order valence-corrected chi connectivity index (χ0v) is 21.5. The third-order valence-electron chi connectivity index (χ3n) is 6.28. The second-order valence-electron chi connectivity index (χ2n) is 9.68. The summed E-state index contributed by atoms with van der Waals surface area (Å²) in [7, 11) is 1.39. The zero-order chi connectivity index (χ0) is 26.1. The Bertz CT molecular complexity index is 995. The molecule has 0 radical (unpaired) electrons.